The topological polar surface area (TPSA) is 22.8 Å². The second-order valence-corrected chi connectivity index (χ2v) is 12.4. The van der Waals surface area contributed by atoms with Crippen LogP contribution in [0.4, 0.5) is 0 Å². The van der Waals surface area contributed by atoms with Gasteiger partial charge in [-0.1, -0.05) is 105 Å². The smallest absolute Gasteiger partial charge is 0.145 e. The van der Waals surface area contributed by atoms with E-state index in [-0.39, 0.29) is 11.5 Å². The Labute approximate surface area is 251 Å². The molecular formula is C40H31N3. The zero-order valence-corrected chi connectivity index (χ0v) is 24.3. The average Bonchev–Trinajstić information content (AvgIpc) is 3.67. The standard InChI is InChI=1S/C40H31N3/c1-40(2)33-16-8-6-14-29(33)31-24-32-30-15-7-10-18-36(30)42(38(32)25-34(31)40)28-22-20-26(21-23-28)39-41-35-17-9-11-19-37(35)43(39)27-12-4-3-5-13-27/h3-22,24-25,28H,23H2,1-2H3. The molecule has 0 saturated carbocycles. The van der Waals surface area contributed by atoms with Gasteiger partial charge in [0.1, 0.15) is 5.82 Å². The second-order valence-electron chi connectivity index (χ2n) is 12.4. The molecule has 0 fully saturated rings. The van der Waals surface area contributed by atoms with E-state index in [0.717, 1.165) is 34.5 Å². The van der Waals surface area contributed by atoms with Crippen LogP contribution in [-0.4, -0.2) is 14.1 Å². The maximum atomic E-state index is 5.11. The fourth-order valence-electron chi connectivity index (χ4n) is 7.57. The number of hydrogen-bond acceptors (Lipinski definition) is 1. The van der Waals surface area contributed by atoms with Crippen LogP contribution in [0.15, 0.2) is 133 Å². The van der Waals surface area contributed by atoms with E-state index < -0.39 is 0 Å². The van der Waals surface area contributed by atoms with Crippen molar-refractivity contribution in [2.24, 2.45) is 0 Å². The van der Waals surface area contributed by atoms with E-state index in [1.807, 2.05) is 0 Å². The van der Waals surface area contributed by atoms with E-state index >= 15 is 0 Å². The van der Waals surface area contributed by atoms with Gasteiger partial charge in [0, 0.05) is 33.0 Å². The molecule has 2 heterocycles. The van der Waals surface area contributed by atoms with Crippen LogP contribution < -0.4 is 0 Å². The van der Waals surface area contributed by atoms with Gasteiger partial charge in [-0.3, -0.25) is 4.57 Å². The number of hydrogen-bond donors (Lipinski definition) is 0. The van der Waals surface area contributed by atoms with Gasteiger partial charge in [0.25, 0.3) is 0 Å². The van der Waals surface area contributed by atoms with E-state index in [9.17, 15) is 0 Å². The van der Waals surface area contributed by atoms with Crippen LogP contribution in [0, 0.1) is 0 Å². The Balaban J connectivity index is 1.18. The molecule has 3 nitrogen and oxygen atoms in total. The molecule has 43 heavy (non-hydrogen) atoms. The number of fused-ring (bicyclic) bond motifs is 7. The van der Waals surface area contributed by atoms with Gasteiger partial charge < -0.3 is 4.57 Å². The van der Waals surface area contributed by atoms with Gasteiger partial charge >= 0.3 is 0 Å². The number of imidazole rings is 1. The Morgan fingerprint density at radius 2 is 1.42 bits per heavy atom. The summed E-state index contributed by atoms with van der Waals surface area (Å²) >= 11 is 0. The SMILES string of the molecule is CC1(C)c2ccccc2-c2cc3c4ccccc4n(C4C=CC(c5nc6ccccc6n5-c5ccccc5)=CC4)c3cc21. The molecule has 206 valence electrons. The van der Waals surface area contributed by atoms with Crippen LogP contribution in [0.2, 0.25) is 0 Å². The Bertz CT molecular complexity index is 2290. The Morgan fingerprint density at radius 1 is 0.674 bits per heavy atom. The van der Waals surface area contributed by atoms with Crippen LogP contribution in [0.25, 0.3) is 55.2 Å². The summed E-state index contributed by atoms with van der Waals surface area (Å²) in [5.41, 5.74) is 12.6. The first-order valence-corrected chi connectivity index (χ1v) is 15.2. The number of aromatic nitrogens is 3. The fourth-order valence-corrected chi connectivity index (χ4v) is 7.57. The number of allylic oxidation sites excluding steroid dienone is 4. The molecule has 7 aromatic rings. The second kappa shape index (κ2) is 8.92. The monoisotopic (exact) mass is 553 g/mol. The van der Waals surface area contributed by atoms with Gasteiger partial charge in [0.15, 0.2) is 0 Å². The van der Waals surface area contributed by atoms with Crippen molar-refractivity contribution < 1.29 is 0 Å². The zero-order chi connectivity index (χ0) is 28.7. The molecule has 2 aromatic heterocycles. The molecule has 0 bridgehead atoms. The average molecular weight is 554 g/mol. The van der Waals surface area contributed by atoms with Crippen molar-refractivity contribution in [3.63, 3.8) is 0 Å². The van der Waals surface area contributed by atoms with Crippen molar-refractivity contribution in [2.45, 2.75) is 31.7 Å². The molecule has 5 aromatic carbocycles. The number of nitrogens with zero attached hydrogens (tertiary/aromatic N) is 3. The van der Waals surface area contributed by atoms with Crippen molar-refractivity contribution in [2.75, 3.05) is 0 Å². The predicted molar refractivity (Wildman–Crippen MR) is 179 cm³/mol. The molecule has 0 spiro atoms. The van der Waals surface area contributed by atoms with E-state index in [1.54, 1.807) is 0 Å². The Kier molecular flexibility index (Phi) is 5.07. The molecule has 0 N–H and O–H groups in total. The van der Waals surface area contributed by atoms with Crippen LogP contribution in [0.3, 0.4) is 0 Å². The first kappa shape index (κ1) is 24.4. The number of benzene rings is 5. The van der Waals surface area contributed by atoms with E-state index in [4.69, 9.17) is 4.98 Å². The van der Waals surface area contributed by atoms with Crippen molar-refractivity contribution in [3.8, 4) is 16.8 Å². The summed E-state index contributed by atoms with van der Waals surface area (Å²) in [4.78, 5) is 5.11. The maximum absolute atomic E-state index is 5.11. The third-order valence-corrected chi connectivity index (χ3v) is 9.66. The minimum absolute atomic E-state index is 0.0343. The largest absolute Gasteiger partial charge is 0.333 e. The summed E-state index contributed by atoms with van der Waals surface area (Å²) < 4.78 is 4.85. The highest BCUT2D eigenvalue weighted by Gasteiger charge is 2.36. The minimum Gasteiger partial charge on any atom is -0.333 e. The number of rotatable bonds is 3. The molecule has 3 heteroatoms. The summed E-state index contributed by atoms with van der Waals surface area (Å²) in [6.45, 7) is 4.73. The third-order valence-electron chi connectivity index (χ3n) is 9.66. The van der Waals surface area contributed by atoms with Gasteiger partial charge in [-0.05, 0) is 71.1 Å². The first-order valence-electron chi connectivity index (χ1n) is 15.2. The molecule has 0 saturated heterocycles. The Morgan fingerprint density at radius 3 is 2.26 bits per heavy atom. The van der Waals surface area contributed by atoms with E-state index in [0.29, 0.717) is 0 Å². The van der Waals surface area contributed by atoms with Crippen LogP contribution in [0.1, 0.15) is 43.3 Å². The molecule has 9 rings (SSSR count). The van der Waals surface area contributed by atoms with Crippen LogP contribution in [0.5, 0.6) is 0 Å². The maximum Gasteiger partial charge on any atom is 0.145 e. The van der Waals surface area contributed by atoms with Crippen LogP contribution >= 0.6 is 0 Å². The van der Waals surface area contributed by atoms with Gasteiger partial charge in [0.2, 0.25) is 0 Å². The van der Waals surface area contributed by atoms with E-state index in [2.05, 4.69) is 156 Å². The normalized spacial score (nSPS) is 17.0. The predicted octanol–water partition coefficient (Wildman–Crippen LogP) is 10.0. The third kappa shape index (κ3) is 3.45. The highest BCUT2D eigenvalue weighted by molar-refractivity contribution is 6.10. The quantitative estimate of drug-likeness (QED) is 0.213. The molecule has 2 aliphatic rings. The summed E-state index contributed by atoms with van der Waals surface area (Å²) in [6, 6.07) is 41.9. The minimum atomic E-state index is -0.0343. The number of para-hydroxylation sites is 4. The van der Waals surface area contributed by atoms with Gasteiger partial charge in [0.05, 0.1) is 22.6 Å². The molecule has 1 atom stereocenters. The van der Waals surface area contributed by atoms with Crippen molar-refractivity contribution >= 4 is 38.4 Å². The Hall–Kier alpha value is -5.15. The molecule has 2 aliphatic carbocycles. The van der Waals surface area contributed by atoms with Gasteiger partial charge in [-0.15, -0.1) is 0 Å². The molecule has 0 radical (unpaired) electrons. The summed E-state index contributed by atoms with van der Waals surface area (Å²) in [7, 11) is 0. The zero-order valence-electron chi connectivity index (χ0n) is 24.3. The lowest BCUT2D eigenvalue weighted by molar-refractivity contribution is 0.643. The lowest BCUT2D eigenvalue weighted by Crippen LogP contribution is -2.15. The molecule has 1 unspecified atom stereocenters. The molecular weight excluding hydrogens is 522 g/mol. The molecule has 0 amide bonds. The van der Waals surface area contributed by atoms with Crippen molar-refractivity contribution in [1.82, 2.24) is 14.1 Å². The van der Waals surface area contributed by atoms with Gasteiger partial charge in [-0.25, -0.2) is 4.98 Å². The lowest BCUT2D eigenvalue weighted by Gasteiger charge is -2.23. The van der Waals surface area contributed by atoms with Crippen LogP contribution in [-0.2, 0) is 5.41 Å². The first-order chi connectivity index (χ1) is 21.1. The lowest BCUT2D eigenvalue weighted by atomic mass is 9.82. The summed E-state index contributed by atoms with van der Waals surface area (Å²) in [5, 5.41) is 2.65. The fraction of sp³-hybridized carbons (Fsp3) is 0.125. The summed E-state index contributed by atoms with van der Waals surface area (Å²) in [6.07, 6.45) is 7.93. The summed E-state index contributed by atoms with van der Waals surface area (Å²) in [5.74, 6) is 0.988. The highest BCUT2D eigenvalue weighted by Crippen LogP contribution is 2.51. The van der Waals surface area contributed by atoms with Crippen molar-refractivity contribution in [3.05, 3.63) is 150 Å². The van der Waals surface area contributed by atoms with Crippen molar-refractivity contribution in [1.29, 1.82) is 0 Å². The molecule has 0 aliphatic heterocycles. The van der Waals surface area contributed by atoms with Gasteiger partial charge in [-0.2, -0.15) is 0 Å². The highest BCUT2D eigenvalue weighted by atomic mass is 15.1. The van der Waals surface area contributed by atoms with E-state index in [1.165, 1.54) is 44.1 Å².